The van der Waals surface area contributed by atoms with E-state index in [0.29, 0.717) is 5.69 Å². The minimum Gasteiger partial charge on any atom is -0.343 e. The molecule has 2 heterocycles. The van der Waals surface area contributed by atoms with Gasteiger partial charge in [-0.15, -0.1) is 11.3 Å². The number of hydrogen-bond donors (Lipinski definition) is 1. The number of nitrogens with zero attached hydrogens (tertiary/aromatic N) is 2. The second kappa shape index (κ2) is 10.2. The number of rotatable bonds is 6. The molecule has 1 amide bonds. The number of halogens is 3. The van der Waals surface area contributed by atoms with Gasteiger partial charge in [0.05, 0.1) is 0 Å². The van der Waals surface area contributed by atoms with Crippen LogP contribution in [0.15, 0.2) is 62.7 Å². The molecule has 0 saturated heterocycles. The van der Waals surface area contributed by atoms with E-state index >= 15 is 0 Å². The van der Waals surface area contributed by atoms with Gasteiger partial charge in [-0.25, -0.2) is 13.8 Å². The van der Waals surface area contributed by atoms with Crippen LogP contribution in [0.4, 0.5) is 19.6 Å². The first kappa shape index (κ1) is 22.5. The molecule has 1 aliphatic rings. The van der Waals surface area contributed by atoms with Crippen LogP contribution in [0, 0.1) is 0 Å². The zero-order chi connectivity index (χ0) is 21.7. The van der Waals surface area contributed by atoms with E-state index < -0.39 is 43.9 Å². The Balaban J connectivity index is 1.76. The molecule has 0 fully saturated rings. The van der Waals surface area contributed by atoms with Crippen LogP contribution >= 0.6 is 32.1 Å². The first-order valence-electron chi connectivity index (χ1n) is 9.25. The van der Waals surface area contributed by atoms with Gasteiger partial charge in [0.25, 0.3) is 5.91 Å². The van der Waals surface area contributed by atoms with Crippen molar-refractivity contribution >= 4 is 58.9 Å². The number of allylic oxidation sites excluding steroid dienone is 1. The summed E-state index contributed by atoms with van der Waals surface area (Å²) in [6.45, 7) is 4.90. The topological polar surface area (TPSA) is 45.2 Å². The van der Waals surface area contributed by atoms with Gasteiger partial charge in [-0.05, 0) is 43.5 Å². The Morgan fingerprint density at radius 1 is 1.33 bits per heavy atom. The quantitative estimate of drug-likeness (QED) is 0.268. The van der Waals surface area contributed by atoms with Crippen LogP contribution < -0.4 is 10.2 Å². The van der Waals surface area contributed by atoms with Gasteiger partial charge in [0.2, 0.25) is 0 Å². The van der Waals surface area contributed by atoms with Crippen LogP contribution in [0.1, 0.15) is 25.8 Å². The summed E-state index contributed by atoms with van der Waals surface area (Å²) in [6, 6.07) is 7.33. The first-order valence-corrected chi connectivity index (χ1v) is 12.9. The second-order valence-corrected chi connectivity index (χ2v) is 9.17. The SMILES string of the molecule is C=I/C=C(F)\C(C(=O)Nc1ccc(C2=C(C)CCN(c3nccs3)C2)cc1)=C(/C)F. The standard InChI is InChI=1S/C22H22F2IN3OS/c1-14-8-10-28(22-26-9-11-30-22)13-18(14)16-4-6-17(7-5-16)27-21(29)20(15(2)23)19(24)12-25-3/h4-7,9,11-12H,3,8,10,13H2,1-2H3,(H,27,29)/b19-12+,20-15-. The normalized spacial score (nSPS) is 15.9. The maximum absolute atomic E-state index is 14.0. The highest BCUT2D eigenvalue weighted by Crippen LogP contribution is 2.31. The van der Waals surface area contributed by atoms with Crippen molar-refractivity contribution in [3.63, 3.8) is 0 Å². The lowest BCUT2D eigenvalue weighted by Crippen LogP contribution is -2.30. The largest absolute Gasteiger partial charge is 0.343 e. The van der Waals surface area contributed by atoms with E-state index in [2.05, 4.69) is 26.6 Å². The monoisotopic (exact) mass is 541 g/mol. The van der Waals surface area contributed by atoms with Crippen molar-refractivity contribution in [3.05, 3.63) is 68.3 Å². The van der Waals surface area contributed by atoms with Crippen LogP contribution in [0.2, 0.25) is 0 Å². The van der Waals surface area contributed by atoms with E-state index in [1.54, 1.807) is 29.7 Å². The Bertz CT molecular complexity index is 1020. The second-order valence-electron chi connectivity index (χ2n) is 6.80. The Hall–Kier alpha value is -2.20. The lowest BCUT2D eigenvalue weighted by Gasteiger charge is -2.30. The molecule has 0 spiro atoms. The molecule has 4 nitrogen and oxygen atoms in total. The molecule has 0 bridgehead atoms. The van der Waals surface area contributed by atoms with Crippen molar-refractivity contribution in [2.45, 2.75) is 20.3 Å². The number of benzene rings is 1. The highest BCUT2D eigenvalue weighted by Gasteiger charge is 2.21. The van der Waals surface area contributed by atoms with Crippen molar-refractivity contribution in [2.24, 2.45) is 0 Å². The third-order valence-corrected chi connectivity index (χ3v) is 6.60. The zero-order valence-electron chi connectivity index (χ0n) is 16.7. The zero-order valence-corrected chi connectivity index (χ0v) is 19.7. The van der Waals surface area contributed by atoms with Crippen LogP contribution in [-0.4, -0.2) is 28.5 Å². The summed E-state index contributed by atoms with van der Waals surface area (Å²) in [5.74, 6) is -2.53. The maximum Gasteiger partial charge on any atom is 0.261 e. The highest BCUT2D eigenvalue weighted by molar-refractivity contribution is 14.2. The van der Waals surface area contributed by atoms with Crippen molar-refractivity contribution in [2.75, 3.05) is 23.3 Å². The van der Waals surface area contributed by atoms with E-state index in [9.17, 15) is 13.6 Å². The maximum atomic E-state index is 14.0. The number of aromatic nitrogens is 1. The minimum atomic E-state index is -0.864. The molecule has 0 radical (unpaired) electrons. The fourth-order valence-electron chi connectivity index (χ4n) is 3.23. The molecule has 0 unspecified atom stereocenters. The molecule has 0 aliphatic carbocycles. The summed E-state index contributed by atoms with van der Waals surface area (Å²) >= 11 is 0.827. The molecule has 30 heavy (non-hydrogen) atoms. The number of anilines is 2. The number of nitrogens with one attached hydrogen (secondary N) is 1. The number of hydrogen-bond acceptors (Lipinski definition) is 4. The van der Waals surface area contributed by atoms with E-state index in [0.717, 1.165) is 37.1 Å². The fraction of sp³-hybridized carbons (Fsp3) is 0.227. The molecule has 158 valence electrons. The van der Waals surface area contributed by atoms with Gasteiger partial charge in [-0.1, -0.05) is 43.0 Å². The summed E-state index contributed by atoms with van der Waals surface area (Å²) in [5, 5.41) is 5.55. The van der Waals surface area contributed by atoms with Gasteiger partial charge in [0, 0.05) is 34.4 Å². The van der Waals surface area contributed by atoms with Gasteiger partial charge in [-0.2, -0.15) is 0 Å². The number of amides is 1. The average molecular weight is 541 g/mol. The van der Waals surface area contributed by atoms with Crippen LogP contribution in [0.25, 0.3) is 5.57 Å². The van der Waals surface area contributed by atoms with Gasteiger partial charge in [0.15, 0.2) is 5.13 Å². The number of carbonyl (C=O) groups excluding carboxylic acids is 1. The summed E-state index contributed by atoms with van der Waals surface area (Å²) in [5.41, 5.74) is 3.50. The molecule has 2 aromatic rings. The molecule has 1 aromatic carbocycles. The van der Waals surface area contributed by atoms with Crippen molar-refractivity contribution in [1.29, 1.82) is 0 Å². The molecule has 1 N–H and O–H groups in total. The van der Waals surface area contributed by atoms with Crippen molar-refractivity contribution in [1.82, 2.24) is 4.98 Å². The molecule has 1 aliphatic heterocycles. The van der Waals surface area contributed by atoms with Gasteiger partial charge < -0.3 is 10.2 Å². The third kappa shape index (κ3) is 5.28. The summed E-state index contributed by atoms with van der Waals surface area (Å²) in [4.78, 5) is 19.0. The Morgan fingerprint density at radius 2 is 2.07 bits per heavy atom. The lowest BCUT2D eigenvalue weighted by atomic mass is 9.95. The smallest absolute Gasteiger partial charge is 0.261 e. The molecule has 3 rings (SSSR count). The van der Waals surface area contributed by atoms with Crippen LogP contribution in [0.3, 0.4) is 0 Å². The predicted molar refractivity (Wildman–Crippen MR) is 131 cm³/mol. The van der Waals surface area contributed by atoms with Gasteiger partial charge in [-0.3, -0.25) is 4.79 Å². The summed E-state index contributed by atoms with van der Waals surface area (Å²) in [6.07, 6.45) is 2.76. The molecular formula is C22H22F2IN3OS. The van der Waals surface area contributed by atoms with E-state index in [1.165, 1.54) is 15.2 Å². The molecule has 1 aromatic heterocycles. The molecule has 8 heteroatoms. The highest BCUT2D eigenvalue weighted by atomic mass is 127. The van der Waals surface area contributed by atoms with E-state index in [4.69, 9.17) is 0 Å². The summed E-state index contributed by atoms with van der Waals surface area (Å²) in [7, 11) is 0. The van der Waals surface area contributed by atoms with Crippen molar-refractivity contribution < 1.29 is 13.6 Å². The first-order chi connectivity index (χ1) is 14.4. The third-order valence-electron chi connectivity index (χ3n) is 4.79. The average Bonchev–Trinajstić information content (AvgIpc) is 3.24. The summed E-state index contributed by atoms with van der Waals surface area (Å²) < 4.78 is 32.5. The Morgan fingerprint density at radius 3 is 2.67 bits per heavy atom. The van der Waals surface area contributed by atoms with Crippen molar-refractivity contribution in [3.8, 4) is 0 Å². The Kier molecular flexibility index (Phi) is 7.65. The minimum absolute atomic E-state index is 0.477. The van der Waals surface area contributed by atoms with Crippen LogP contribution in [-0.2, 0) is 4.79 Å². The van der Waals surface area contributed by atoms with Gasteiger partial charge >= 0.3 is 0 Å². The fourth-order valence-corrected chi connectivity index (χ4v) is 4.60. The number of thiazole rings is 1. The Labute approximate surface area is 188 Å². The molecule has 0 saturated carbocycles. The van der Waals surface area contributed by atoms with E-state index in [-0.39, 0.29) is 0 Å². The molecular weight excluding hydrogens is 519 g/mol. The van der Waals surface area contributed by atoms with Gasteiger partial charge in [0.1, 0.15) is 17.2 Å². The molecule has 0 atom stereocenters. The lowest BCUT2D eigenvalue weighted by molar-refractivity contribution is -0.112. The van der Waals surface area contributed by atoms with E-state index in [1.807, 2.05) is 17.5 Å². The predicted octanol–water partition coefficient (Wildman–Crippen LogP) is 6.22. The number of carbonyl (C=O) groups is 1. The van der Waals surface area contributed by atoms with Crippen LogP contribution in [0.5, 0.6) is 0 Å².